The molecule has 0 bridgehead atoms. The van der Waals surface area contributed by atoms with Crippen LogP contribution < -0.4 is 5.32 Å². The Morgan fingerprint density at radius 2 is 1.73 bits per heavy atom. The molecule has 0 radical (unpaired) electrons. The Morgan fingerprint density at radius 1 is 1.07 bits per heavy atom. The number of hydrogen-bond acceptors (Lipinski definition) is 1. The maximum absolute atomic E-state index is 11.6. The first-order valence-electron chi connectivity index (χ1n) is 6.50. The van der Waals surface area contributed by atoms with Crippen LogP contribution in [0.1, 0.15) is 65.7 Å². The Bertz CT molecular complexity index is 157. The molecule has 0 aromatic heterocycles. The molecule has 0 aromatic rings. The molecule has 0 rings (SSSR count). The molecule has 0 saturated heterocycles. The molecule has 1 N–H and O–H groups in total. The summed E-state index contributed by atoms with van der Waals surface area (Å²) < 4.78 is 0. The fraction of sp³-hybridized carbons (Fsp3) is 0.923. The van der Waals surface area contributed by atoms with Crippen LogP contribution >= 0.6 is 0 Å². The van der Waals surface area contributed by atoms with Crippen LogP contribution in [-0.2, 0) is 4.79 Å². The van der Waals surface area contributed by atoms with E-state index >= 15 is 0 Å². The van der Waals surface area contributed by atoms with E-state index in [1.54, 1.807) is 0 Å². The second kappa shape index (κ2) is 10.0. The largest absolute Gasteiger partial charge is 0.356 e. The SMILES string of the molecule is CCCCCCNC(=O)C(C)CCCC. The second-order valence-corrected chi connectivity index (χ2v) is 4.39. The van der Waals surface area contributed by atoms with Gasteiger partial charge in [0.05, 0.1) is 0 Å². The van der Waals surface area contributed by atoms with Crippen molar-refractivity contribution in [1.82, 2.24) is 5.32 Å². The van der Waals surface area contributed by atoms with Crippen LogP contribution in [-0.4, -0.2) is 12.5 Å². The zero-order valence-corrected chi connectivity index (χ0v) is 10.6. The standard InChI is InChI=1S/C13H27NO/c1-4-6-8-9-11-14-13(15)12(3)10-7-5-2/h12H,4-11H2,1-3H3,(H,14,15). The van der Waals surface area contributed by atoms with Crippen LogP contribution in [0.5, 0.6) is 0 Å². The average Bonchev–Trinajstić information content (AvgIpc) is 2.25. The Kier molecular flexibility index (Phi) is 9.65. The molecule has 0 fully saturated rings. The van der Waals surface area contributed by atoms with Crippen molar-refractivity contribution in [3.05, 3.63) is 0 Å². The van der Waals surface area contributed by atoms with Gasteiger partial charge in [-0.1, -0.05) is 52.9 Å². The molecule has 0 aromatic carbocycles. The lowest BCUT2D eigenvalue weighted by Gasteiger charge is -2.11. The molecular formula is C13H27NO. The van der Waals surface area contributed by atoms with Crippen molar-refractivity contribution in [1.29, 1.82) is 0 Å². The third-order valence-electron chi connectivity index (χ3n) is 2.77. The maximum atomic E-state index is 11.6. The first-order valence-corrected chi connectivity index (χ1v) is 6.50. The number of amides is 1. The van der Waals surface area contributed by atoms with Gasteiger partial charge >= 0.3 is 0 Å². The van der Waals surface area contributed by atoms with Gasteiger partial charge in [0.15, 0.2) is 0 Å². The van der Waals surface area contributed by atoms with Crippen LogP contribution in [0.3, 0.4) is 0 Å². The summed E-state index contributed by atoms with van der Waals surface area (Å²) in [6, 6.07) is 0. The van der Waals surface area contributed by atoms with Crippen molar-refractivity contribution >= 4 is 5.91 Å². The van der Waals surface area contributed by atoms with E-state index < -0.39 is 0 Å². The number of carbonyl (C=O) groups is 1. The third-order valence-corrected chi connectivity index (χ3v) is 2.77. The van der Waals surface area contributed by atoms with Gasteiger partial charge in [0, 0.05) is 12.5 Å². The molecule has 2 nitrogen and oxygen atoms in total. The summed E-state index contributed by atoms with van der Waals surface area (Å²) in [5.41, 5.74) is 0. The van der Waals surface area contributed by atoms with E-state index in [1.807, 2.05) is 6.92 Å². The van der Waals surface area contributed by atoms with Crippen molar-refractivity contribution < 1.29 is 4.79 Å². The van der Waals surface area contributed by atoms with Gasteiger partial charge in [-0.05, 0) is 12.8 Å². The Morgan fingerprint density at radius 3 is 2.33 bits per heavy atom. The first kappa shape index (κ1) is 14.5. The van der Waals surface area contributed by atoms with Gasteiger partial charge in [0.25, 0.3) is 0 Å². The monoisotopic (exact) mass is 213 g/mol. The summed E-state index contributed by atoms with van der Waals surface area (Å²) >= 11 is 0. The number of carbonyl (C=O) groups excluding carboxylic acids is 1. The molecule has 0 aliphatic rings. The van der Waals surface area contributed by atoms with Crippen LogP contribution in [0.4, 0.5) is 0 Å². The lowest BCUT2D eigenvalue weighted by Crippen LogP contribution is -2.29. The lowest BCUT2D eigenvalue weighted by atomic mass is 10.0. The average molecular weight is 213 g/mol. The zero-order chi connectivity index (χ0) is 11.5. The van der Waals surface area contributed by atoms with E-state index in [2.05, 4.69) is 19.2 Å². The van der Waals surface area contributed by atoms with E-state index in [-0.39, 0.29) is 11.8 Å². The molecule has 15 heavy (non-hydrogen) atoms. The van der Waals surface area contributed by atoms with E-state index in [0.29, 0.717) is 0 Å². The smallest absolute Gasteiger partial charge is 0.222 e. The molecule has 0 heterocycles. The highest BCUT2D eigenvalue weighted by Crippen LogP contribution is 2.07. The van der Waals surface area contributed by atoms with Crippen LogP contribution in [0.15, 0.2) is 0 Å². The number of hydrogen-bond donors (Lipinski definition) is 1. The summed E-state index contributed by atoms with van der Waals surface area (Å²) in [4.78, 5) is 11.6. The molecule has 0 spiro atoms. The molecule has 1 amide bonds. The summed E-state index contributed by atoms with van der Waals surface area (Å²) in [5, 5.41) is 3.01. The Balaban J connectivity index is 3.38. The van der Waals surface area contributed by atoms with E-state index in [0.717, 1.165) is 25.8 Å². The molecule has 1 unspecified atom stereocenters. The number of unbranched alkanes of at least 4 members (excludes halogenated alkanes) is 4. The molecular weight excluding hydrogens is 186 g/mol. The fourth-order valence-electron chi connectivity index (χ4n) is 1.58. The van der Waals surface area contributed by atoms with Crippen LogP contribution in [0.25, 0.3) is 0 Å². The summed E-state index contributed by atoms with van der Waals surface area (Å²) in [7, 11) is 0. The minimum Gasteiger partial charge on any atom is -0.356 e. The topological polar surface area (TPSA) is 29.1 Å². The first-order chi connectivity index (χ1) is 7.22. The molecule has 0 saturated carbocycles. The quantitative estimate of drug-likeness (QED) is 0.583. The highest BCUT2D eigenvalue weighted by molar-refractivity contribution is 5.78. The van der Waals surface area contributed by atoms with Gasteiger partial charge in [-0.15, -0.1) is 0 Å². The summed E-state index contributed by atoms with van der Waals surface area (Å²) in [6.07, 6.45) is 8.25. The predicted molar refractivity (Wildman–Crippen MR) is 65.8 cm³/mol. The second-order valence-electron chi connectivity index (χ2n) is 4.39. The van der Waals surface area contributed by atoms with Gasteiger partial charge in [-0.3, -0.25) is 4.79 Å². The van der Waals surface area contributed by atoms with Gasteiger partial charge in [-0.2, -0.15) is 0 Å². The zero-order valence-electron chi connectivity index (χ0n) is 10.6. The number of rotatable bonds is 9. The van der Waals surface area contributed by atoms with Crippen molar-refractivity contribution in [3.8, 4) is 0 Å². The van der Waals surface area contributed by atoms with Gasteiger partial charge in [0.2, 0.25) is 5.91 Å². The van der Waals surface area contributed by atoms with Gasteiger partial charge < -0.3 is 5.32 Å². The molecule has 90 valence electrons. The fourth-order valence-corrected chi connectivity index (χ4v) is 1.58. The third kappa shape index (κ3) is 8.46. The van der Waals surface area contributed by atoms with Crippen molar-refractivity contribution in [3.63, 3.8) is 0 Å². The van der Waals surface area contributed by atoms with Crippen molar-refractivity contribution in [2.45, 2.75) is 65.7 Å². The Hall–Kier alpha value is -0.530. The minimum atomic E-state index is 0.191. The maximum Gasteiger partial charge on any atom is 0.222 e. The van der Waals surface area contributed by atoms with Crippen LogP contribution in [0, 0.1) is 5.92 Å². The van der Waals surface area contributed by atoms with E-state index in [1.165, 1.54) is 25.7 Å². The van der Waals surface area contributed by atoms with Gasteiger partial charge in [-0.25, -0.2) is 0 Å². The Labute approximate surface area is 94.8 Å². The predicted octanol–water partition coefficient (Wildman–Crippen LogP) is 3.51. The van der Waals surface area contributed by atoms with Crippen molar-refractivity contribution in [2.75, 3.05) is 6.54 Å². The number of nitrogens with one attached hydrogen (secondary N) is 1. The lowest BCUT2D eigenvalue weighted by molar-refractivity contribution is -0.124. The van der Waals surface area contributed by atoms with Gasteiger partial charge in [0.1, 0.15) is 0 Å². The summed E-state index contributed by atoms with van der Waals surface area (Å²) in [5.74, 6) is 0.427. The van der Waals surface area contributed by atoms with E-state index in [9.17, 15) is 4.79 Å². The normalized spacial score (nSPS) is 12.5. The highest BCUT2D eigenvalue weighted by atomic mass is 16.1. The summed E-state index contributed by atoms with van der Waals surface area (Å²) in [6.45, 7) is 7.24. The minimum absolute atomic E-state index is 0.191. The van der Waals surface area contributed by atoms with E-state index in [4.69, 9.17) is 0 Å². The van der Waals surface area contributed by atoms with Crippen molar-refractivity contribution in [2.24, 2.45) is 5.92 Å². The molecule has 0 aliphatic heterocycles. The molecule has 2 heteroatoms. The highest BCUT2D eigenvalue weighted by Gasteiger charge is 2.10. The molecule has 0 aliphatic carbocycles. The van der Waals surface area contributed by atoms with Crippen LogP contribution in [0.2, 0.25) is 0 Å². The molecule has 1 atom stereocenters.